The summed E-state index contributed by atoms with van der Waals surface area (Å²) in [6.07, 6.45) is 0. The van der Waals surface area contributed by atoms with Gasteiger partial charge >= 0.3 is 0 Å². The molecule has 0 amide bonds. The van der Waals surface area contributed by atoms with E-state index in [4.69, 9.17) is 11.6 Å². The first-order valence-electron chi connectivity index (χ1n) is 6.54. The summed E-state index contributed by atoms with van der Waals surface area (Å²) in [7, 11) is 4.27. The molecule has 0 fully saturated rings. The summed E-state index contributed by atoms with van der Waals surface area (Å²) in [5.41, 5.74) is 2.38. The van der Waals surface area contributed by atoms with E-state index in [0.717, 1.165) is 23.7 Å². The van der Waals surface area contributed by atoms with E-state index >= 15 is 0 Å². The molecule has 0 radical (unpaired) electrons. The van der Waals surface area contributed by atoms with Gasteiger partial charge in [-0.3, -0.25) is 0 Å². The van der Waals surface area contributed by atoms with Crippen molar-refractivity contribution in [3.8, 4) is 0 Å². The number of halogens is 1. The Bertz CT molecular complexity index is 367. The fraction of sp³-hybridized carbons (Fsp3) is 0.600. The van der Waals surface area contributed by atoms with Crippen LogP contribution in [-0.2, 0) is 6.54 Å². The number of hydrogen-bond donors (Lipinski definition) is 1. The van der Waals surface area contributed by atoms with Gasteiger partial charge in [-0.1, -0.05) is 37.6 Å². The van der Waals surface area contributed by atoms with Crippen molar-refractivity contribution < 1.29 is 0 Å². The maximum absolute atomic E-state index is 6.12. The minimum Gasteiger partial charge on any atom is -0.311 e. The van der Waals surface area contributed by atoms with E-state index < -0.39 is 0 Å². The Kier molecular flexibility index (Phi) is 6.13. The highest BCUT2D eigenvalue weighted by molar-refractivity contribution is 6.31. The molecule has 1 aromatic carbocycles. The van der Waals surface area contributed by atoms with Gasteiger partial charge in [0.05, 0.1) is 0 Å². The van der Waals surface area contributed by atoms with Crippen molar-refractivity contribution in [1.82, 2.24) is 10.2 Å². The lowest BCUT2D eigenvalue weighted by atomic mass is 10.0. The van der Waals surface area contributed by atoms with Gasteiger partial charge in [-0.05, 0) is 44.1 Å². The number of aryl methyl sites for hydroxylation is 1. The Morgan fingerprint density at radius 3 is 2.44 bits per heavy atom. The fourth-order valence-corrected chi connectivity index (χ4v) is 2.33. The maximum atomic E-state index is 6.12. The molecule has 1 rings (SSSR count). The minimum absolute atomic E-state index is 0.561. The van der Waals surface area contributed by atoms with Crippen molar-refractivity contribution in [3.05, 3.63) is 34.3 Å². The molecule has 0 aliphatic heterocycles. The summed E-state index contributed by atoms with van der Waals surface area (Å²) in [5, 5.41) is 4.36. The average molecular weight is 269 g/mol. The molecular weight excluding hydrogens is 244 g/mol. The third-order valence-electron chi connectivity index (χ3n) is 3.35. The highest BCUT2D eigenvalue weighted by Gasteiger charge is 2.14. The van der Waals surface area contributed by atoms with E-state index in [1.54, 1.807) is 0 Å². The molecule has 0 aromatic heterocycles. The Labute approximate surface area is 116 Å². The Morgan fingerprint density at radius 1 is 1.28 bits per heavy atom. The second-order valence-corrected chi connectivity index (χ2v) is 5.90. The Balaban J connectivity index is 2.47. The van der Waals surface area contributed by atoms with Crippen LogP contribution in [0.15, 0.2) is 18.2 Å². The summed E-state index contributed by atoms with van der Waals surface area (Å²) in [6.45, 7) is 8.41. The van der Waals surface area contributed by atoms with Gasteiger partial charge in [0.2, 0.25) is 0 Å². The largest absolute Gasteiger partial charge is 0.311 e. The van der Waals surface area contributed by atoms with Gasteiger partial charge in [0.1, 0.15) is 0 Å². The summed E-state index contributed by atoms with van der Waals surface area (Å²) >= 11 is 6.12. The second-order valence-electron chi connectivity index (χ2n) is 5.49. The van der Waals surface area contributed by atoms with Crippen molar-refractivity contribution in [1.29, 1.82) is 0 Å². The first-order chi connectivity index (χ1) is 8.41. The zero-order chi connectivity index (χ0) is 13.7. The molecule has 0 saturated carbocycles. The number of hydrogen-bond acceptors (Lipinski definition) is 2. The summed E-state index contributed by atoms with van der Waals surface area (Å²) in [4.78, 5) is 2.28. The Hall–Kier alpha value is -0.570. The standard InChI is InChI=1S/C15H25ClN2/c1-11(2)15(18(4)5)10-17-9-13-7-6-12(3)14(16)8-13/h6-8,11,15,17H,9-10H2,1-5H3. The molecule has 0 saturated heterocycles. The monoisotopic (exact) mass is 268 g/mol. The summed E-state index contributed by atoms with van der Waals surface area (Å²) in [5.74, 6) is 0.647. The lowest BCUT2D eigenvalue weighted by molar-refractivity contribution is 0.224. The van der Waals surface area contributed by atoms with E-state index in [1.807, 2.05) is 13.0 Å². The summed E-state index contributed by atoms with van der Waals surface area (Å²) < 4.78 is 0. The van der Waals surface area contributed by atoms with Crippen molar-refractivity contribution in [2.75, 3.05) is 20.6 Å². The van der Waals surface area contributed by atoms with Gasteiger partial charge in [0.25, 0.3) is 0 Å². The first kappa shape index (κ1) is 15.5. The van der Waals surface area contributed by atoms with Crippen LogP contribution in [0.2, 0.25) is 5.02 Å². The lowest BCUT2D eigenvalue weighted by Gasteiger charge is -2.28. The Morgan fingerprint density at radius 2 is 1.94 bits per heavy atom. The van der Waals surface area contributed by atoms with Gasteiger partial charge in [0, 0.05) is 24.2 Å². The predicted molar refractivity (Wildman–Crippen MR) is 80.2 cm³/mol. The number of benzene rings is 1. The molecule has 0 aliphatic carbocycles. The van der Waals surface area contributed by atoms with Crippen LogP contribution in [0, 0.1) is 12.8 Å². The van der Waals surface area contributed by atoms with E-state index in [0.29, 0.717) is 12.0 Å². The molecular formula is C15H25ClN2. The normalized spacial score (nSPS) is 13.3. The van der Waals surface area contributed by atoms with Crippen molar-refractivity contribution in [2.45, 2.75) is 33.4 Å². The van der Waals surface area contributed by atoms with Crippen LogP contribution in [0.5, 0.6) is 0 Å². The lowest BCUT2D eigenvalue weighted by Crippen LogP contribution is -2.41. The number of rotatable bonds is 6. The zero-order valence-electron chi connectivity index (χ0n) is 12.1. The van der Waals surface area contributed by atoms with Crippen LogP contribution in [0.25, 0.3) is 0 Å². The van der Waals surface area contributed by atoms with Crippen LogP contribution in [0.3, 0.4) is 0 Å². The minimum atomic E-state index is 0.561. The van der Waals surface area contributed by atoms with Gasteiger partial charge in [-0.25, -0.2) is 0 Å². The maximum Gasteiger partial charge on any atom is 0.0438 e. The molecule has 3 heteroatoms. The van der Waals surface area contributed by atoms with Crippen molar-refractivity contribution >= 4 is 11.6 Å². The van der Waals surface area contributed by atoms with E-state index in [1.165, 1.54) is 5.56 Å². The fourth-order valence-electron chi connectivity index (χ4n) is 2.13. The molecule has 1 atom stereocenters. The summed E-state index contributed by atoms with van der Waals surface area (Å²) in [6, 6.07) is 6.81. The third-order valence-corrected chi connectivity index (χ3v) is 3.76. The number of nitrogens with one attached hydrogen (secondary N) is 1. The van der Waals surface area contributed by atoms with E-state index in [2.05, 4.69) is 50.3 Å². The third kappa shape index (κ3) is 4.60. The van der Waals surface area contributed by atoms with Crippen molar-refractivity contribution in [3.63, 3.8) is 0 Å². The molecule has 0 bridgehead atoms. The smallest absolute Gasteiger partial charge is 0.0438 e. The zero-order valence-corrected chi connectivity index (χ0v) is 12.9. The van der Waals surface area contributed by atoms with Crippen LogP contribution in [0.1, 0.15) is 25.0 Å². The highest BCUT2D eigenvalue weighted by atomic mass is 35.5. The molecule has 1 aromatic rings. The van der Waals surface area contributed by atoms with Gasteiger partial charge < -0.3 is 10.2 Å². The van der Waals surface area contributed by atoms with Crippen LogP contribution in [0.4, 0.5) is 0 Å². The quantitative estimate of drug-likeness (QED) is 0.851. The van der Waals surface area contributed by atoms with Crippen LogP contribution >= 0.6 is 11.6 Å². The van der Waals surface area contributed by atoms with E-state index in [-0.39, 0.29) is 0 Å². The average Bonchev–Trinajstić information content (AvgIpc) is 2.28. The SMILES string of the molecule is Cc1ccc(CNCC(C(C)C)N(C)C)cc1Cl. The molecule has 2 nitrogen and oxygen atoms in total. The van der Waals surface area contributed by atoms with Crippen LogP contribution in [-0.4, -0.2) is 31.6 Å². The molecule has 0 aliphatic rings. The highest BCUT2D eigenvalue weighted by Crippen LogP contribution is 2.16. The van der Waals surface area contributed by atoms with Gasteiger partial charge in [0.15, 0.2) is 0 Å². The van der Waals surface area contributed by atoms with Crippen molar-refractivity contribution in [2.24, 2.45) is 5.92 Å². The molecule has 1 unspecified atom stereocenters. The van der Waals surface area contributed by atoms with Gasteiger partial charge in [-0.2, -0.15) is 0 Å². The van der Waals surface area contributed by atoms with Crippen LogP contribution < -0.4 is 5.32 Å². The van der Waals surface area contributed by atoms with E-state index in [9.17, 15) is 0 Å². The molecule has 102 valence electrons. The second kappa shape index (κ2) is 7.13. The molecule has 0 heterocycles. The molecule has 18 heavy (non-hydrogen) atoms. The predicted octanol–water partition coefficient (Wildman–Crippen LogP) is 3.32. The first-order valence-corrected chi connectivity index (χ1v) is 6.91. The van der Waals surface area contributed by atoms with Gasteiger partial charge in [-0.15, -0.1) is 0 Å². The number of likely N-dealkylation sites (N-methyl/N-ethyl adjacent to an activating group) is 1. The molecule has 0 spiro atoms. The topological polar surface area (TPSA) is 15.3 Å². The molecule has 1 N–H and O–H groups in total. The number of nitrogens with zero attached hydrogens (tertiary/aromatic N) is 1.